The van der Waals surface area contributed by atoms with Gasteiger partial charge in [-0.2, -0.15) is 0 Å². The lowest BCUT2D eigenvalue weighted by Crippen LogP contribution is -2.13. The standard InChI is InChI=1S/C14H12ClN3O3/c1-8-3-2-4-10(15)13(8)17-14(19)9-5-6-12(18(20)21)11(16)7-9/h2-7H,16H2,1H3,(H,17,19). The molecule has 0 saturated heterocycles. The molecule has 0 fully saturated rings. The first-order valence-corrected chi connectivity index (χ1v) is 6.38. The van der Waals surface area contributed by atoms with Gasteiger partial charge in [-0.1, -0.05) is 23.7 Å². The number of amides is 1. The molecule has 6 nitrogen and oxygen atoms in total. The molecule has 3 N–H and O–H groups in total. The Bertz CT molecular complexity index is 711. The summed E-state index contributed by atoms with van der Waals surface area (Å²) in [5, 5.41) is 13.8. The Morgan fingerprint density at radius 2 is 2.05 bits per heavy atom. The lowest BCUT2D eigenvalue weighted by Gasteiger charge is -2.10. The summed E-state index contributed by atoms with van der Waals surface area (Å²) in [7, 11) is 0. The van der Waals surface area contributed by atoms with Crippen molar-refractivity contribution < 1.29 is 9.72 Å². The highest BCUT2D eigenvalue weighted by Crippen LogP contribution is 2.27. The molecule has 2 aromatic rings. The zero-order valence-corrected chi connectivity index (χ0v) is 11.8. The number of hydrogen-bond acceptors (Lipinski definition) is 4. The van der Waals surface area contributed by atoms with Crippen LogP contribution in [0.3, 0.4) is 0 Å². The Morgan fingerprint density at radius 3 is 2.62 bits per heavy atom. The normalized spacial score (nSPS) is 10.2. The lowest BCUT2D eigenvalue weighted by atomic mass is 10.1. The van der Waals surface area contributed by atoms with Crippen LogP contribution in [0.2, 0.25) is 5.02 Å². The number of carbonyl (C=O) groups excluding carboxylic acids is 1. The van der Waals surface area contributed by atoms with E-state index in [9.17, 15) is 14.9 Å². The van der Waals surface area contributed by atoms with E-state index in [4.69, 9.17) is 17.3 Å². The quantitative estimate of drug-likeness (QED) is 0.516. The van der Waals surface area contributed by atoms with Gasteiger partial charge >= 0.3 is 0 Å². The first-order valence-electron chi connectivity index (χ1n) is 6.00. The van der Waals surface area contributed by atoms with Gasteiger partial charge in [0, 0.05) is 11.6 Å². The van der Waals surface area contributed by atoms with Crippen LogP contribution < -0.4 is 11.1 Å². The minimum atomic E-state index is -0.602. The van der Waals surface area contributed by atoms with Crippen molar-refractivity contribution in [3.63, 3.8) is 0 Å². The number of hydrogen-bond donors (Lipinski definition) is 2. The summed E-state index contributed by atoms with van der Waals surface area (Å²) in [6.45, 7) is 1.81. The molecule has 0 radical (unpaired) electrons. The maximum Gasteiger partial charge on any atom is 0.292 e. The molecule has 0 saturated carbocycles. The molecule has 1 amide bonds. The van der Waals surface area contributed by atoms with E-state index >= 15 is 0 Å². The van der Waals surface area contributed by atoms with Crippen LogP contribution in [-0.4, -0.2) is 10.8 Å². The number of nitro groups is 1. The Hall–Kier alpha value is -2.60. The van der Waals surface area contributed by atoms with E-state index in [1.54, 1.807) is 12.1 Å². The zero-order chi connectivity index (χ0) is 15.6. The number of benzene rings is 2. The first-order chi connectivity index (χ1) is 9.90. The van der Waals surface area contributed by atoms with Crippen molar-refractivity contribution in [3.05, 3.63) is 62.7 Å². The number of rotatable bonds is 3. The Morgan fingerprint density at radius 1 is 1.33 bits per heavy atom. The van der Waals surface area contributed by atoms with E-state index in [0.29, 0.717) is 10.7 Å². The summed E-state index contributed by atoms with van der Waals surface area (Å²) in [5.41, 5.74) is 6.80. The third-order valence-corrected chi connectivity index (χ3v) is 3.26. The molecule has 108 valence electrons. The highest BCUT2D eigenvalue weighted by molar-refractivity contribution is 6.34. The first kappa shape index (κ1) is 14.8. The Labute approximate surface area is 125 Å². The SMILES string of the molecule is Cc1cccc(Cl)c1NC(=O)c1ccc([N+](=O)[O-])c(N)c1. The molecule has 0 aliphatic heterocycles. The number of anilines is 2. The predicted octanol–water partition coefficient (Wildman–Crippen LogP) is 3.39. The predicted molar refractivity (Wildman–Crippen MR) is 81.7 cm³/mol. The van der Waals surface area contributed by atoms with Crippen molar-refractivity contribution in [1.82, 2.24) is 0 Å². The minimum Gasteiger partial charge on any atom is -0.393 e. The molecule has 0 spiro atoms. The Balaban J connectivity index is 2.29. The van der Waals surface area contributed by atoms with Gasteiger partial charge in [-0.25, -0.2) is 0 Å². The second-order valence-corrected chi connectivity index (χ2v) is 4.82. The summed E-state index contributed by atoms with van der Waals surface area (Å²) < 4.78 is 0. The van der Waals surface area contributed by atoms with E-state index in [-0.39, 0.29) is 16.9 Å². The fourth-order valence-corrected chi connectivity index (χ4v) is 2.11. The van der Waals surface area contributed by atoms with Crippen LogP contribution in [0.5, 0.6) is 0 Å². The van der Waals surface area contributed by atoms with E-state index in [2.05, 4.69) is 5.32 Å². The van der Waals surface area contributed by atoms with Gasteiger partial charge in [0.2, 0.25) is 0 Å². The molecular weight excluding hydrogens is 294 g/mol. The summed E-state index contributed by atoms with van der Waals surface area (Å²) in [6.07, 6.45) is 0. The van der Waals surface area contributed by atoms with Crippen LogP contribution in [0.25, 0.3) is 0 Å². The molecule has 0 aromatic heterocycles. The molecule has 2 aromatic carbocycles. The number of aryl methyl sites for hydroxylation is 1. The summed E-state index contributed by atoms with van der Waals surface area (Å²) >= 11 is 6.03. The van der Waals surface area contributed by atoms with Crippen LogP contribution in [0.4, 0.5) is 17.1 Å². The molecule has 0 unspecified atom stereocenters. The molecule has 0 atom stereocenters. The van der Waals surface area contributed by atoms with E-state index in [0.717, 1.165) is 5.56 Å². The molecule has 0 aliphatic carbocycles. The molecule has 2 rings (SSSR count). The van der Waals surface area contributed by atoms with Crippen molar-refractivity contribution in [1.29, 1.82) is 0 Å². The van der Waals surface area contributed by atoms with E-state index in [1.165, 1.54) is 18.2 Å². The van der Waals surface area contributed by atoms with Crippen LogP contribution in [0.1, 0.15) is 15.9 Å². The topological polar surface area (TPSA) is 98.3 Å². The van der Waals surface area contributed by atoms with Crippen molar-refractivity contribution in [3.8, 4) is 0 Å². The van der Waals surface area contributed by atoms with Crippen molar-refractivity contribution in [2.24, 2.45) is 0 Å². The second kappa shape index (κ2) is 5.80. The van der Waals surface area contributed by atoms with Gasteiger partial charge in [-0.05, 0) is 30.7 Å². The van der Waals surface area contributed by atoms with Crippen molar-refractivity contribution in [2.45, 2.75) is 6.92 Å². The maximum atomic E-state index is 12.2. The van der Waals surface area contributed by atoms with Gasteiger partial charge in [0.15, 0.2) is 0 Å². The summed E-state index contributed by atoms with van der Waals surface area (Å²) in [6, 6.07) is 9.05. The smallest absolute Gasteiger partial charge is 0.292 e. The third-order valence-electron chi connectivity index (χ3n) is 2.95. The molecule has 0 bridgehead atoms. The van der Waals surface area contributed by atoms with E-state index < -0.39 is 10.8 Å². The monoisotopic (exact) mass is 305 g/mol. The van der Waals surface area contributed by atoms with Crippen molar-refractivity contribution in [2.75, 3.05) is 11.1 Å². The minimum absolute atomic E-state index is 0.0662. The number of nitrogens with zero attached hydrogens (tertiary/aromatic N) is 1. The van der Waals surface area contributed by atoms with Crippen molar-refractivity contribution >= 4 is 34.6 Å². The fraction of sp³-hybridized carbons (Fsp3) is 0.0714. The number of para-hydroxylation sites is 1. The van der Waals surface area contributed by atoms with Crippen LogP contribution in [-0.2, 0) is 0 Å². The van der Waals surface area contributed by atoms with Gasteiger partial charge in [0.05, 0.1) is 15.6 Å². The highest BCUT2D eigenvalue weighted by atomic mass is 35.5. The fourth-order valence-electron chi connectivity index (χ4n) is 1.84. The van der Waals surface area contributed by atoms with Crippen LogP contribution in [0, 0.1) is 17.0 Å². The number of nitrogens with one attached hydrogen (secondary N) is 1. The van der Waals surface area contributed by atoms with Gasteiger partial charge in [-0.15, -0.1) is 0 Å². The molecule has 0 aliphatic rings. The van der Waals surface area contributed by atoms with Gasteiger partial charge < -0.3 is 11.1 Å². The molecule has 21 heavy (non-hydrogen) atoms. The average Bonchev–Trinajstić information content (AvgIpc) is 2.42. The number of nitrogens with two attached hydrogens (primary N) is 1. The lowest BCUT2D eigenvalue weighted by molar-refractivity contribution is -0.383. The molecule has 7 heteroatoms. The number of carbonyl (C=O) groups is 1. The summed E-state index contributed by atoms with van der Waals surface area (Å²) in [5.74, 6) is -0.437. The van der Waals surface area contributed by atoms with E-state index in [1.807, 2.05) is 13.0 Å². The number of nitrogen functional groups attached to an aromatic ring is 1. The number of nitro benzene ring substituents is 1. The van der Waals surface area contributed by atoms with Crippen LogP contribution >= 0.6 is 11.6 Å². The molecule has 0 heterocycles. The zero-order valence-electron chi connectivity index (χ0n) is 11.1. The second-order valence-electron chi connectivity index (χ2n) is 4.42. The highest BCUT2D eigenvalue weighted by Gasteiger charge is 2.15. The Kier molecular flexibility index (Phi) is 4.09. The van der Waals surface area contributed by atoms with Gasteiger partial charge in [0.25, 0.3) is 11.6 Å². The van der Waals surface area contributed by atoms with Gasteiger partial charge in [-0.3, -0.25) is 14.9 Å². The van der Waals surface area contributed by atoms with Crippen LogP contribution in [0.15, 0.2) is 36.4 Å². The maximum absolute atomic E-state index is 12.2. The largest absolute Gasteiger partial charge is 0.393 e. The average molecular weight is 306 g/mol. The number of halogens is 1. The van der Waals surface area contributed by atoms with Gasteiger partial charge in [0.1, 0.15) is 5.69 Å². The third kappa shape index (κ3) is 3.11. The summed E-state index contributed by atoms with van der Waals surface area (Å²) in [4.78, 5) is 22.2. The molecular formula is C14H12ClN3O3.